The minimum absolute atomic E-state index is 0.000100. The van der Waals surface area contributed by atoms with Gasteiger partial charge in [-0.3, -0.25) is 0 Å². The molecule has 1 aliphatic rings. The van der Waals surface area contributed by atoms with Crippen LogP contribution in [0.5, 0.6) is 0 Å². The van der Waals surface area contributed by atoms with Gasteiger partial charge >= 0.3 is 0 Å². The predicted molar refractivity (Wildman–Crippen MR) is 98.3 cm³/mol. The van der Waals surface area contributed by atoms with E-state index in [9.17, 15) is 8.42 Å². The third kappa shape index (κ3) is 3.95. The van der Waals surface area contributed by atoms with E-state index >= 15 is 0 Å². The zero-order valence-corrected chi connectivity index (χ0v) is 16.6. The van der Waals surface area contributed by atoms with Gasteiger partial charge in [-0.2, -0.15) is 9.29 Å². The molecule has 3 aromatic rings. The Morgan fingerprint density at radius 2 is 2.04 bits per heavy atom. The molecule has 1 saturated heterocycles. The average molecular weight is 454 g/mol. The van der Waals surface area contributed by atoms with Crippen molar-refractivity contribution in [3.05, 3.63) is 47.1 Å². The van der Waals surface area contributed by atoms with E-state index in [4.69, 9.17) is 9.26 Å². The molecule has 0 atom stereocenters. The van der Waals surface area contributed by atoms with Crippen LogP contribution in [0.15, 0.2) is 50.8 Å². The van der Waals surface area contributed by atoms with Gasteiger partial charge in [0.05, 0.1) is 26.1 Å². The molecule has 1 fully saturated rings. The monoisotopic (exact) mass is 453 g/mol. The second-order valence-electron chi connectivity index (χ2n) is 5.93. The van der Waals surface area contributed by atoms with Crippen LogP contribution in [0.25, 0.3) is 11.5 Å². The fraction of sp³-hybridized carbons (Fsp3) is 0.312. The van der Waals surface area contributed by atoms with E-state index in [1.807, 2.05) is 24.3 Å². The second-order valence-corrected chi connectivity index (χ2v) is 8.73. The number of benzene rings is 1. The van der Waals surface area contributed by atoms with Crippen LogP contribution < -0.4 is 0 Å². The van der Waals surface area contributed by atoms with Crippen molar-refractivity contribution in [1.82, 2.24) is 24.0 Å². The van der Waals surface area contributed by atoms with Gasteiger partial charge in [0.15, 0.2) is 10.9 Å². The lowest BCUT2D eigenvalue weighted by Gasteiger charge is -2.24. The smallest absolute Gasteiger partial charge is 0.262 e. The Labute approximate surface area is 164 Å². The first-order chi connectivity index (χ1) is 13.0. The maximum Gasteiger partial charge on any atom is 0.262 e. The van der Waals surface area contributed by atoms with Gasteiger partial charge in [0.2, 0.25) is 0 Å². The van der Waals surface area contributed by atoms with Gasteiger partial charge in [0, 0.05) is 29.3 Å². The third-order valence-corrected chi connectivity index (χ3v) is 6.33. The minimum atomic E-state index is -3.62. The molecule has 1 aliphatic heterocycles. The molecule has 27 heavy (non-hydrogen) atoms. The topological polar surface area (TPSA) is 103 Å². The van der Waals surface area contributed by atoms with Crippen LogP contribution in [0.2, 0.25) is 0 Å². The highest BCUT2D eigenvalue weighted by molar-refractivity contribution is 9.10. The molecule has 0 radical (unpaired) electrons. The van der Waals surface area contributed by atoms with Crippen molar-refractivity contribution >= 4 is 26.0 Å². The molecule has 0 spiro atoms. The van der Waals surface area contributed by atoms with Crippen LogP contribution in [0.1, 0.15) is 5.82 Å². The van der Waals surface area contributed by atoms with E-state index in [0.717, 1.165) is 10.0 Å². The normalized spacial score (nSPS) is 15.9. The van der Waals surface area contributed by atoms with Crippen molar-refractivity contribution in [3.8, 4) is 11.5 Å². The van der Waals surface area contributed by atoms with Gasteiger partial charge in [-0.1, -0.05) is 27.2 Å². The van der Waals surface area contributed by atoms with Crippen LogP contribution in [0.3, 0.4) is 0 Å². The summed E-state index contributed by atoms with van der Waals surface area (Å²) in [5.41, 5.74) is 0.796. The Kier molecular flexibility index (Phi) is 5.08. The first kappa shape index (κ1) is 18.3. The van der Waals surface area contributed by atoms with Gasteiger partial charge in [-0.15, -0.1) is 0 Å². The second kappa shape index (κ2) is 7.50. The van der Waals surface area contributed by atoms with Crippen molar-refractivity contribution < 1.29 is 17.7 Å². The van der Waals surface area contributed by atoms with Crippen molar-refractivity contribution in [2.45, 2.75) is 11.6 Å². The van der Waals surface area contributed by atoms with E-state index in [0.29, 0.717) is 38.0 Å². The number of aromatic nitrogens is 4. The number of hydrogen-bond donors (Lipinski definition) is 0. The highest BCUT2D eigenvalue weighted by atomic mass is 79.9. The quantitative estimate of drug-likeness (QED) is 0.579. The lowest BCUT2D eigenvalue weighted by Crippen LogP contribution is -2.40. The number of imidazole rings is 1. The Morgan fingerprint density at radius 3 is 2.81 bits per heavy atom. The molecule has 11 heteroatoms. The number of sulfonamides is 1. The Morgan fingerprint density at radius 1 is 1.22 bits per heavy atom. The van der Waals surface area contributed by atoms with Crippen LogP contribution in [-0.4, -0.2) is 58.7 Å². The SMILES string of the molecule is O=S(=O)(c1cn(Cc2noc(-c3cccc(Br)c3)n2)cn1)N1CCOCC1. The summed E-state index contributed by atoms with van der Waals surface area (Å²) in [4.78, 5) is 8.39. The Hall–Kier alpha value is -2.08. The van der Waals surface area contributed by atoms with Crippen LogP contribution in [0.4, 0.5) is 0 Å². The summed E-state index contributed by atoms with van der Waals surface area (Å²) in [5.74, 6) is 0.824. The lowest BCUT2D eigenvalue weighted by molar-refractivity contribution is 0.0729. The summed E-state index contributed by atoms with van der Waals surface area (Å²) >= 11 is 3.40. The summed E-state index contributed by atoms with van der Waals surface area (Å²) in [6, 6.07) is 7.53. The fourth-order valence-electron chi connectivity index (χ4n) is 2.70. The van der Waals surface area contributed by atoms with E-state index < -0.39 is 10.0 Å². The maximum atomic E-state index is 12.6. The van der Waals surface area contributed by atoms with Crippen LogP contribution >= 0.6 is 15.9 Å². The molecule has 3 heterocycles. The van der Waals surface area contributed by atoms with Crippen molar-refractivity contribution in [2.75, 3.05) is 26.3 Å². The molecule has 0 aliphatic carbocycles. The van der Waals surface area contributed by atoms with Crippen molar-refractivity contribution in [3.63, 3.8) is 0 Å². The van der Waals surface area contributed by atoms with Crippen molar-refractivity contribution in [2.24, 2.45) is 0 Å². The summed E-state index contributed by atoms with van der Waals surface area (Å²) in [5, 5.41) is 3.95. The number of morpholine rings is 1. The van der Waals surface area contributed by atoms with E-state index in [1.165, 1.54) is 16.8 Å². The van der Waals surface area contributed by atoms with Gasteiger partial charge in [0.25, 0.3) is 15.9 Å². The average Bonchev–Trinajstić information content (AvgIpc) is 3.33. The number of rotatable bonds is 5. The molecule has 9 nitrogen and oxygen atoms in total. The standard InChI is InChI=1S/C16H16BrN5O4S/c17-13-3-1-2-12(8-13)16-19-14(20-26-16)9-21-10-15(18-11-21)27(23,24)22-4-6-25-7-5-22/h1-3,8,10-11H,4-7,9H2. The molecule has 4 rings (SSSR count). The minimum Gasteiger partial charge on any atom is -0.379 e. The highest BCUT2D eigenvalue weighted by Crippen LogP contribution is 2.21. The molecule has 0 N–H and O–H groups in total. The molecule has 0 amide bonds. The number of ether oxygens (including phenoxy) is 1. The number of hydrogen-bond acceptors (Lipinski definition) is 7. The predicted octanol–water partition coefficient (Wildman–Crippen LogP) is 1.76. The van der Waals surface area contributed by atoms with Gasteiger partial charge in [-0.25, -0.2) is 13.4 Å². The molecule has 142 valence electrons. The zero-order chi connectivity index (χ0) is 18.9. The van der Waals surface area contributed by atoms with Gasteiger partial charge < -0.3 is 13.8 Å². The fourth-order valence-corrected chi connectivity index (χ4v) is 4.44. The molecule has 1 aromatic carbocycles. The summed E-state index contributed by atoms with van der Waals surface area (Å²) in [7, 11) is -3.62. The third-order valence-electron chi connectivity index (χ3n) is 4.05. The largest absolute Gasteiger partial charge is 0.379 e. The maximum absolute atomic E-state index is 12.6. The Bertz CT molecular complexity index is 1040. The summed E-state index contributed by atoms with van der Waals surface area (Å²) in [6.07, 6.45) is 2.92. The van der Waals surface area contributed by atoms with Crippen LogP contribution in [0, 0.1) is 0 Å². The van der Waals surface area contributed by atoms with E-state index in [1.54, 1.807) is 4.57 Å². The molecule has 0 saturated carbocycles. The van der Waals surface area contributed by atoms with E-state index in [-0.39, 0.29) is 11.6 Å². The molecular weight excluding hydrogens is 438 g/mol. The highest BCUT2D eigenvalue weighted by Gasteiger charge is 2.28. The number of nitrogens with zero attached hydrogens (tertiary/aromatic N) is 5. The molecule has 2 aromatic heterocycles. The van der Waals surface area contributed by atoms with Crippen molar-refractivity contribution in [1.29, 1.82) is 0 Å². The van der Waals surface area contributed by atoms with Gasteiger partial charge in [0.1, 0.15) is 0 Å². The summed E-state index contributed by atoms with van der Waals surface area (Å²) in [6.45, 7) is 1.69. The Balaban J connectivity index is 1.50. The molecular formula is C16H16BrN5O4S. The first-order valence-electron chi connectivity index (χ1n) is 8.20. The van der Waals surface area contributed by atoms with Gasteiger partial charge in [-0.05, 0) is 18.2 Å². The molecule has 0 bridgehead atoms. The lowest BCUT2D eigenvalue weighted by atomic mass is 10.2. The van der Waals surface area contributed by atoms with Crippen LogP contribution in [-0.2, 0) is 21.3 Å². The summed E-state index contributed by atoms with van der Waals surface area (Å²) < 4.78 is 39.6. The number of halogens is 1. The van der Waals surface area contributed by atoms with E-state index in [2.05, 4.69) is 31.1 Å². The zero-order valence-electron chi connectivity index (χ0n) is 14.2. The first-order valence-corrected chi connectivity index (χ1v) is 10.4. The molecule has 0 unspecified atom stereocenters.